The molecule has 0 unspecified atom stereocenters. The number of ether oxygens (including phenoxy) is 1. The molecule has 0 spiro atoms. The van der Waals surface area contributed by atoms with Crippen LogP contribution in [0.15, 0.2) is 53.5 Å². The Bertz CT molecular complexity index is 992. The highest BCUT2D eigenvalue weighted by Crippen LogP contribution is 2.26. The van der Waals surface area contributed by atoms with E-state index in [0.29, 0.717) is 13.1 Å². The van der Waals surface area contributed by atoms with Gasteiger partial charge in [-0.1, -0.05) is 30.3 Å². The van der Waals surface area contributed by atoms with Crippen molar-refractivity contribution >= 4 is 5.96 Å². The van der Waals surface area contributed by atoms with Crippen molar-refractivity contribution in [1.29, 1.82) is 0 Å². The second-order valence-electron chi connectivity index (χ2n) is 7.08. The monoisotopic (exact) mass is 391 g/mol. The Morgan fingerprint density at radius 3 is 2.41 bits per heavy atom. The van der Waals surface area contributed by atoms with E-state index in [0.717, 1.165) is 40.0 Å². The second kappa shape index (κ2) is 9.28. The summed E-state index contributed by atoms with van der Waals surface area (Å²) in [5.74, 6) is 2.40. The molecule has 0 fully saturated rings. The predicted octanol–water partition coefficient (Wildman–Crippen LogP) is 4.00. The minimum absolute atomic E-state index is 0.604. The number of nitrogens with one attached hydrogen (secondary N) is 2. The molecular formula is C23H29N5O. The summed E-state index contributed by atoms with van der Waals surface area (Å²) >= 11 is 0. The van der Waals surface area contributed by atoms with E-state index >= 15 is 0 Å². The molecule has 6 nitrogen and oxygen atoms in total. The summed E-state index contributed by atoms with van der Waals surface area (Å²) in [6.07, 6.45) is 0. The highest BCUT2D eigenvalue weighted by atomic mass is 16.5. The Labute approximate surface area is 172 Å². The third-order valence-corrected chi connectivity index (χ3v) is 4.96. The summed E-state index contributed by atoms with van der Waals surface area (Å²) in [5.41, 5.74) is 5.60. The van der Waals surface area contributed by atoms with E-state index in [2.05, 4.69) is 52.8 Å². The van der Waals surface area contributed by atoms with Crippen LogP contribution in [-0.4, -0.2) is 22.8 Å². The first-order valence-electron chi connectivity index (χ1n) is 9.74. The number of para-hydroxylation sites is 1. The summed E-state index contributed by atoms with van der Waals surface area (Å²) < 4.78 is 8.01. The number of aryl methyl sites for hydroxylation is 3. The standard InChI is InChI=1S/C23H29N5O/c1-16-11-12-19(22(13-16)29-20-9-7-6-8-10-20)14-25-23(24-4)26-15-21-17(2)27-28(5)18(21)3/h6-13H,14-15H2,1-5H3,(H2,24,25,26). The smallest absolute Gasteiger partial charge is 0.191 e. The summed E-state index contributed by atoms with van der Waals surface area (Å²) in [5, 5.41) is 11.2. The van der Waals surface area contributed by atoms with Gasteiger partial charge in [0.15, 0.2) is 5.96 Å². The van der Waals surface area contributed by atoms with E-state index in [9.17, 15) is 0 Å². The van der Waals surface area contributed by atoms with Crippen molar-refractivity contribution in [2.45, 2.75) is 33.9 Å². The molecule has 0 atom stereocenters. The van der Waals surface area contributed by atoms with Crippen LogP contribution in [0, 0.1) is 20.8 Å². The third kappa shape index (κ3) is 5.16. The van der Waals surface area contributed by atoms with Gasteiger partial charge in [0, 0.05) is 44.0 Å². The van der Waals surface area contributed by atoms with E-state index in [1.807, 2.05) is 49.0 Å². The number of nitrogens with zero attached hydrogens (tertiary/aromatic N) is 3. The highest BCUT2D eigenvalue weighted by molar-refractivity contribution is 5.79. The third-order valence-electron chi connectivity index (χ3n) is 4.96. The van der Waals surface area contributed by atoms with Gasteiger partial charge in [0.2, 0.25) is 0 Å². The average Bonchev–Trinajstić information content (AvgIpc) is 2.95. The van der Waals surface area contributed by atoms with Gasteiger partial charge in [0.25, 0.3) is 0 Å². The molecule has 0 aliphatic heterocycles. The van der Waals surface area contributed by atoms with E-state index in [-0.39, 0.29) is 0 Å². The topological polar surface area (TPSA) is 63.5 Å². The molecule has 2 N–H and O–H groups in total. The van der Waals surface area contributed by atoms with Gasteiger partial charge in [-0.25, -0.2) is 0 Å². The lowest BCUT2D eigenvalue weighted by molar-refractivity contribution is 0.474. The molecule has 0 radical (unpaired) electrons. The Kier molecular flexibility index (Phi) is 6.54. The van der Waals surface area contributed by atoms with Gasteiger partial charge in [0.1, 0.15) is 11.5 Å². The fourth-order valence-electron chi connectivity index (χ4n) is 3.16. The molecule has 0 saturated carbocycles. The Morgan fingerprint density at radius 1 is 1.03 bits per heavy atom. The molecular weight excluding hydrogens is 362 g/mol. The quantitative estimate of drug-likeness (QED) is 0.492. The summed E-state index contributed by atoms with van der Waals surface area (Å²) in [7, 11) is 3.74. The zero-order chi connectivity index (χ0) is 20.8. The minimum Gasteiger partial charge on any atom is -0.457 e. The van der Waals surface area contributed by atoms with Crippen molar-refractivity contribution in [3.63, 3.8) is 0 Å². The number of hydrogen-bond acceptors (Lipinski definition) is 3. The van der Waals surface area contributed by atoms with Gasteiger partial charge in [-0.2, -0.15) is 5.10 Å². The number of aromatic nitrogens is 2. The van der Waals surface area contributed by atoms with Crippen LogP contribution in [0.4, 0.5) is 0 Å². The van der Waals surface area contributed by atoms with Crippen LogP contribution in [0.1, 0.15) is 28.1 Å². The fourth-order valence-corrected chi connectivity index (χ4v) is 3.16. The number of rotatable bonds is 6. The molecule has 152 valence electrons. The van der Waals surface area contributed by atoms with Crippen LogP contribution >= 0.6 is 0 Å². The Balaban J connectivity index is 1.66. The first-order chi connectivity index (χ1) is 14.0. The van der Waals surface area contributed by atoms with E-state index in [4.69, 9.17) is 4.74 Å². The van der Waals surface area contributed by atoms with Crippen LogP contribution < -0.4 is 15.4 Å². The Hall–Kier alpha value is -3.28. The maximum atomic E-state index is 6.11. The van der Waals surface area contributed by atoms with Crippen LogP contribution in [0.3, 0.4) is 0 Å². The number of guanidine groups is 1. The van der Waals surface area contributed by atoms with Gasteiger partial charge in [0.05, 0.1) is 5.69 Å². The van der Waals surface area contributed by atoms with E-state index in [1.54, 1.807) is 7.05 Å². The minimum atomic E-state index is 0.604. The number of hydrogen-bond donors (Lipinski definition) is 2. The number of aliphatic imine (C=N–C) groups is 1. The molecule has 0 bridgehead atoms. The maximum Gasteiger partial charge on any atom is 0.191 e. The van der Waals surface area contributed by atoms with Gasteiger partial charge in [-0.05, 0) is 44.5 Å². The number of benzene rings is 2. The van der Waals surface area contributed by atoms with Gasteiger partial charge >= 0.3 is 0 Å². The molecule has 0 aliphatic rings. The first kappa shape index (κ1) is 20.5. The zero-order valence-corrected chi connectivity index (χ0v) is 17.8. The molecule has 3 rings (SSSR count). The van der Waals surface area contributed by atoms with Crippen LogP contribution in [0.5, 0.6) is 11.5 Å². The summed E-state index contributed by atoms with van der Waals surface area (Å²) in [6, 6.07) is 16.1. The van der Waals surface area contributed by atoms with Crippen LogP contribution in [-0.2, 0) is 20.1 Å². The van der Waals surface area contributed by atoms with Crippen molar-refractivity contribution in [1.82, 2.24) is 20.4 Å². The molecule has 29 heavy (non-hydrogen) atoms. The van der Waals surface area contributed by atoms with Gasteiger partial charge in [-0.15, -0.1) is 0 Å². The largest absolute Gasteiger partial charge is 0.457 e. The Morgan fingerprint density at radius 2 is 1.76 bits per heavy atom. The molecule has 0 amide bonds. The predicted molar refractivity (Wildman–Crippen MR) is 117 cm³/mol. The molecule has 2 aromatic carbocycles. The van der Waals surface area contributed by atoms with Crippen molar-refractivity contribution in [3.05, 3.63) is 76.6 Å². The second-order valence-corrected chi connectivity index (χ2v) is 7.08. The lowest BCUT2D eigenvalue weighted by Gasteiger charge is -2.15. The van der Waals surface area contributed by atoms with Crippen molar-refractivity contribution < 1.29 is 4.74 Å². The van der Waals surface area contributed by atoms with Gasteiger partial charge < -0.3 is 15.4 Å². The van der Waals surface area contributed by atoms with Crippen molar-refractivity contribution in [2.75, 3.05) is 7.05 Å². The van der Waals surface area contributed by atoms with Crippen LogP contribution in [0.25, 0.3) is 0 Å². The van der Waals surface area contributed by atoms with E-state index in [1.165, 1.54) is 5.56 Å². The van der Waals surface area contributed by atoms with E-state index < -0.39 is 0 Å². The summed E-state index contributed by atoms with van der Waals surface area (Å²) in [6.45, 7) is 7.44. The summed E-state index contributed by atoms with van der Waals surface area (Å²) in [4.78, 5) is 4.34. The molecule has 1 heterocycles. The molecule has 0 aliphatic carbocycles. The normalized spacial score (nSPS) is 11.4. The lowest BCUT2D eigenvalue weighted by atomic mass is 10.1. The van der Waals surface area contributed by atoms with Crippen molar-refractivity contribution in [2.24, 2.45) is 12.0 Å². The first-order valence-corrected chi connectivity index (χ1v) is 9.74. The molecule has 3 aromatic rings. The maximum absolute atomic E-state index is 6.11. The molecule has 6 heteroatoms. The SMILES string of the molecule is CN=C(NCc1ccc(C)cc1Oc1ccccc1)NCc1c(C)nn(C)c1C. The molecule has 0 saturated heterocycles. The van der Waals surface area contributed by atoms with Gasteiger partial charge in [-0.3, -0.25) is 9.67 Å². The highest BCUT2D eigenvalue weighted by Gasteiger charge is 2.11. The van der Waals surface area contributed by atoms with Crippen molar-refractivity contribution in [3.8, 4) is 11.5 Å². The zero-order valence-electron chi connectivity index (χ0n) is 17.8. The van der Waals surface area contributed by atoms with Crippen LogP contribution in [0.2, 0.25) is 0 Å². The fraction of sp³-hybridized carbons (Fsp3) is 0.304. The average molecular weight is 392 g/mol. The lowest BCUT2D eigenvalue weighted by Crippen LogP contribution is -2.36. The molecule has 1 aromatic heterocycles.